The molecule has 0 aromatic carbocycles. The monoisotopic (exact) mass is 205 g/mol. The van der Waals surface area contributed by atoms with Crippen LogP contribution in [0.15, 0.2) is 4.79 Å². The molecule has 1 saturated carbocycles. The number of hydrogen-bond acceptors (Lipinski definition) is 3. The van der Waals surface area contributed by atoms with Crippen LogP contribution in [0.1, 0.15) is 48.2 Å². The molecule has 0 saturated heterocycles. The molecule has 1 aromatic rings. The summed E-state index contributed by atoms with van der Waals surface area (Å²) < 4.78 is 0. The van der Waals surface area contributed by atoms with Crippen molar-refractivity contribution in [1.29, 1.82) is 0 Å². The summed E-state index contributed by atoms with van der Waals surface area (Å²) in [5.41, 5.74) is 3.27. The summed E-state index contributed by atoms with van der Waals surface area (Å²) in [6, 6.07) is 0.389. The van der Waals surface area contributed by atoms with Gasteiger partial charge in [0.25, 0.3) is 0 Å². The second-order valence-corrected chi connectivity index (χ2v) is 4.47. The number of rotatable bonds is 2. The maximum atomic E-state index is 11.4. The number of aromatic nitrogens is 2. The van der Waals surface area contributed by atoms with Crippen LogP contribution in [-0.4, -0.2) is 17.0 Å². The van der Waals surface area contributed by atoms with Gasteiger partial charge in [-0.1, -0.05) is 0 Å². The average Bonchev–Trinajstić information content (AvgIpc) is 2.98. The first-order valence-corrected chi connectivity index (χ1v) is 5.60. The molecule has 4 nitrogen and oxygen atoms in total. The van der Waals surface area contributed by atoms with Gasteiger partial charge in [-0.2, -0.15) is 4.98 Å². The topological polar surface area (TPSA) is 57.8 Å². The zero-order valence-electron chi connectivity index (χ0n) is 8.84. The Bertz CT molecular complexity index is 448. The summed E-state index contributed by atoms with van der Waals surface area (Å²) in [6.07, 6.45) is 4.43. The summed E-state index contributed by atoms with van der Waals surface area (Å²) in [5.74, 6) is 0.551. The Labute approximate surface area is 88.1 Å². The number of nitrogens with one attached hydrogen (secondary N) is 2. The third-order valence-electron chi connectivity index (χ3n) is 3.42. The highest BCUT2D eigenvalue weighted by Crippen LogP contribution is 2.44. The van der Waals surface area contributed by atoms with E-state index in [1.807, 2.05) is 7.05 Å². The average molecular weight is 205 g/mol. The van der Waals surface area contributed by atoms with E-state index in [1.54, 1.807) is 0 Å². The molecule has 80 valence electrons. The Hall–Kier alpha value is -1.16. The standard InChI is InChI=1S/C11H15N3O/c1-12-7-4-5-8-9(7)10(6-2-3-6)14-11(15)13-8/h6-7,12H,2-5H2,1H3,(H,13,14,15). The smallest absolute Gasteiger partial charge is 0.313 e. The van der Waals surface area contributed by atoms with Crippen molar-refractivity contribution in [3.05, 3.63) is 27.4 Å². The molecule has 1 fully saturated rings. The van der Waals surface area contributed by atoms with Gasteiger partial charge in [-0.15, -0.1) is 0 Å². The first-order valence-electron chi connectivity index (χ1n) is 5.60. The van der Waals surface area contributed by atoms with Crippen molar-refractivity contribution in [3.8, 4) is 0 Å². The molecule has 2 aliphatic rings. The summed E-state index contributed by atoms with van der Waals surface area (Å²) in [6.45, 7) is 0. The molecule has 1 aromatic heterocycles. The van der Waals surface area contributed by atoms with Crippen LogP contribution in [-0.2, 0) is 6.42 Å². The molecule has 0 amide bonds. The van der Waals surface area contributed by atoms with Crippen molar-refractivity contribution in [2.75, 3.05) is 7.05 Å². The quantitative estimate of drug-likeness (QED) is 0.752. The largest absolute Gasteiger partial charge is 0.345 e. The van der Waals surface area contributed by atoms with Gasteiger partial charge in [0.2, 0.25) is 0 Å². The van der Waals surface area contributed by atoms with E-state index in [0.717, 1.165) is 24.2 Å². The number of aryl methyl sites for hydroxylation is 1. The molecule has 2 N–H and O–H groups in total. The van der Waals surface area contributed by atoms with Crippen molar-refractivity contribution >= 4 is 0 Å². The Morgan fingerprint density at radius 2 is 2.20 bits per heavy atom. The van der Waals surface area contributed by atoms with Crippen LogP contribution in [0.5, 0.6) is 0 Å². The van der Waals surface area contributed by atoms with Crippen LogP contribution in [0.25, 0.3) is 0 Å². The third kappa shape index (κ3) is 1.40. The van der Waals surface area contributed by atoms with E-state index in [0.29, 0.717) is 12.0 Å². The predicted molar refractivity (Wildman–Crippen MR) is 57.0 cm³/mol. The van der Waals surface area contributed by atoms with Gasteiger partial charge in [-0.05, 0) is 32.7 Å². The molecule has 0 spiro atoms. The fraction of sp³-hybridized carbons (Fsp3) is 0.636. The zero-order valence-corrected chi connectivity index (χ0v) is 8.84. The maximum absolute atomic E-state index is 11.4. The van der Waals surface area contributed by atoms with Gasteiger partial charge in [-0.25, -0.2) is 4.79 Å². The van der Waals surface area contributed by atoms with Crippen LogP contribution < -0.4 is 11.0 Å². The molecule has 1 unspecified atom stereocenters. The number of aromatic amines is 1. The van der Waals surface area contributed by atoms with Crippen LogP contribution in [0.3, 0.4) is 0 Å². The van der Waals surface area contributed by atoms with Crippen molar-refractivity contribution in [3.63, 3.8) is 0 Å². The van der Waals surface area contributed by atoms with Crippen molar-refractivity contribution in [2.45, 2.75) is 37.6 Å². The lowest BCUT2D eigenvalue weighted by Gasteiger charge is -2.13. The molecule has 1 atom stereocenters. The number of hydrogen-bond donors (Lipinski definition) is 2. The minimum absolute atomic E-state index is 0.174. The summed E-state index contributed by atoms with van der Waals surface area (Å²) in [7, 11) is 1.97. The third-order valence-corrected chi connectivity index (χ3v) is 3.42. The maximum Gasteiger partial charge on any atom is 0.345 e. The molecule has 2 aliphatic carbocycles. The molecule has 4 heteroatoms. The first kappa shape index (κ1) is 9.09. The lowest BCUT2D eigenvalue weighted by atomic mass is 10.1. The fourth-order valence-corrected chi connectivity index (χ4v) is 2.52. The molecular formula is C11H15N3O. The van der Waals surface area contributed by atoms with E-state index in [1.165, 1.54) is 18.4 Å². The predicted octanol–water partition coefficient (Wildman–Crippen LogP) is 0.854. The van der Waals surface area contributed by atoms with Crippen molar-refractivity contribution in [1.82, 2.24) is 15.3 Å². The van der Waals surface area contributed by atoms with Gasteiger partial charge >= 0.3 is 5.69 Å². The fourth-order valence-electron chi connectivity index (χ4n) is 2.52. The lowest BCUT2D eigenvalue weighted by Crippen LogP contribution is -2.20. The molecular weight excluding hydrogens is 190 g/mol. The van der Waals surface area contributed by atoms with Gasteiger partial charge in [0.1, 0.15) is 0 Å². The molecule has 15 heavy (non-hydrogen) atoms. The summed E-state index contributed by atoms with van der Waals surface area (Å²) >= 11 is 0. The Balaban J connectivity index is 2.16. The highest BCUT2D eigenvalue weighted by atomic mass is 16.1. The van der Waals surface area contributed by atoms with Gasteiger partial charge < -0.3 is 10.3 Å². The van der Waals surface area contributed by atoms with Crippen LogP contribution in [0, 0.1) is 0 Å². The van der Waals surface area contributed by atoms with Gasteiger partial charge in [0.05, 0.1) is 5.69 Å². The first-order chi connectivity index (χ1) is 7.29. The van der Waals surface area contributed by atoms with Crippen LogP contribution in [0.4, 0.5) is 0 Å². The minimum atomic E-state index is -0.174. The molecule has 0 bridgehead atoms. The Morgan fingerprint density at radius 3 is 2.87 bits per heavy atom. The number of H-pyrrole nitrogens is 1. The van der Waals surface area contributed by atoms with Crippen LogP contribution in [0.2, 0.25) is 0 Å². The summed E-state index contributed by atoms with van der Waals surface area (Å²) in [4.78, 5) is 18.4. The van der Waals surface area contributed by atoms with E-state index in [2.05, 4.69) is 15.3 Å². The molecule has 3 rings (SSSR count). The lowest BCUT2D eigenvalue weighted by molar-refractivity contribution is 0.584. The number of nitrogens with zero attached hydrogens (tertiary/aromatic N) is 1. The second-order valence-electron chi connectivity index (χ2n) is 4.47. The molecule has 0 radical (unpaired) electrons. The molecule has 1 heterocycles. The van der Waals surface area contributed by atoms with Crippen LogP contribution >= 0.6 is 0 Å². The van der Waals surface area contributed by atoms with Gasteiger partial charge in [0, 0.05) is 23.2 Å². The van der Waals surface area contributed by atoms with Gasteiger partial charge in [-0.3, -0.25) is 0 Å². The summed E-state index contributed by atoms with van der Waals surface area (Å²) in [5, 5.41) is 3.30. The second kappa shape index (κ2) is 3.17. The highest BCUT2D eigenvalue weighted by Gasteiger charge is 2.34. The normalized spacial score (nSPS) is 24.2. The molecule has 0 aliphatic heterocycles. The van der Waals surface area contributed by atoms with E-state index in [4.69, 9.17) is 0 Å². The van der Waals surface area contributed by atoms with Gasteiger partial charge in [0.15, 0.2) is 0 Å². The number of fused-ring (bicyclic) bond motifs is 1. The van der Waals surface area contributed by atoms with E-state index in [9.17, 15) is 4.79 Å². The SMILES string of the molecule is CNC1CCc2[nH]c(=O)nc(C3CC3)c21. The highest BCUT2D eigenvalue weighted by molar-refractivity contribution is 5.36. The Kier molecular flexibility index (Phi) is 1.92. The van der Waals surface area contributed by atoms with Crippen molar-refractivity contribution in [2.24, 2.45) is 0 Å². The van der Waals surface area contributed by atoms with E-state index in [-0.39, 0.29) is 5.69 Å². The Morgan fingerprint density at radius 1 is 1.40 bits per heavy atom. The zero-order chi connectivity index (χ0) is 10.4. The van der Waals surface area contributed by atoms with Crippen molar-refractivity contribution < 1.29 is 0 Å². The van der Waals surface area contributed by atoms with E-state index >= 15 is 0 Å². The minimum Gasteiger partial charge on any atom is -0.313 e. The van der Waals surface area contributed by atoms with E-state index < -0.39 is 0 Å².